The third-order valence-electron chi connectivity index (χ3n) is 3.86. The number of rotatable bonds is 10. The number of hydrogen-bond acceptors (Lipinski definition) is 4. The molecule has 1 aliphatic rings. The molecule has 6 nitrogen and oxygen atoms in total. The second kappa shape index (κ2) is 14.0. The first-order valence-corrected chi connectivity index (χ1v) is 9.31. The Kier molecular flexibility index (Phi) is 12.4. The Labute approximate surface area is 178 Å². The maximum atomic E-state index is 12.9. The van der Waals surface area contributed by atoms with Gasteiger partial charge in [-0.05, 0) is 51.0 Å². The topological polar surface area (TPSA) is 64.1 Å². The molecule has 0 aromatic heterocycles. The molecule has 0 bridgehead atoms. The number of nitrogens with one attached hydrogen (secondary N) is 2. The molecule has 1 aliphatic heterocycles. The number of ether oxygens (including phenoxy) is 3. The fraction of sp³-hybridized carbons (Fsp3) is 0.632. The van der Waals surface area contributed by atoms with E-state index in [1.165, 1.54) is 12.1 Å². The van der Waals surface area contributed by atoms with E-state index in [2.05, 4.69) is 15.6 Å². The van der Waals surface area contributed by atoms with Gasteiger partial charge < -0.3 is 24.8 Å². The Hall–Kier alpha value is -1.13. The van der Waals surface area contributed by atoms with Crippen LogP contribution in [0.4, 0.5) is 4.39 Å². The first-order chi connectivity index (χ1) is 12.7. The van der Waals surface area contributed by atoms with Crippen molar-refractivity contribution < 1.29 is 18.6 Å². The fourth-order valence-electron chi connectivity index (χ4n) is 2.52. The average molecular weight is 495 g/mol. The number of halogens is 2. The van der Waals surface area contributed by atoms with Gasteiger partial charge in [-0.25, -0.2) is 9.38 Å². The van der Waals surface area contributed by atoms with Gasteiger partial charge in [0, 0.05) is 26.3 Å². The highest BCUT2D eigenvalue weighted by Crippen LogP contribution is 2.13. The molecule has 154 valence electrons. The average Bonchev–Trinajstić information content (AvgIpc) is 3.15. The number of benzene rings is 1. The van der Waals surface area contributed by atoms with E-state index < -0.39 is 0 Å². The van der Waals surface area contributed by atoms with Gasteiger partial charge in [-0.1, -0.05) is 0 Å². The second-order valence-corrected chi connectivity index (χ2v) is 6.24. The maximum absolute atomic E-state index is 12.9. The Balaban J connectivity index is 0.00000364. The summed E-state index contributed by atoms with van der Waals surface area (Å²) in [6.45, 7) is 8.27. The van der Waals surface area contributed by atoms with Crippen LogP contribution in [0.1, 0.15) is 26.7 Å². The van der Waals surface area contributed by atoms with Gasteiger partial charge in [0.25, 0.3) is 0 Å². The van der Waals surface area contributed by atoms with E-state index in [1.54, 1.807) is 12.1 Å². The van der Waals surface area contributed by atoms with Crippen LogP contribution < -0.4 is 15.4 Å². The zero-order valence-electron chi connectivity index (χ0n) is 16.1. The molecule has 2 unspecified atom stereocenters. The lowest BCUT2D eigenvalue weighted by molar-refractivity contribution is 0.0420. The molecule has 0 radical (unpaired) electrons. The highest BCUT2D eigenvalue weighted by molar-refractivity contribution is 14.0. The van der Waals surface area contributed by atoms with Crippen molar-refractivity contribution in [1.82, 2.24) is 10.6 Å². The summed E-state index contributed by atoms with van der Waals surface area (Å²) < 4.78 is 29.7. The normalized spacial score (nSPS) is 17.9. The summed E-state index contributed by atoms with van der Waals surface area (Å²) in [7, 11) is 0. The lowest BCUT2D eigenvalue weighted by atomic mass is 10.3. The van der Waals surface area contributed by atoms with Crippen molar-refractivity contribution in [2.75, 3.05) is 39.5 Å². The summed E-state index contributed by atoms with van der Waals surface area (Å²) in [5, 5.41) is 6.51. The van der Waals surface area contributed by atoms with Crippen LogP contribution in [0.2, 0.25) is 0 Å². The van der Waals surface area contributed by atoms with Crippen molar-refractivity contribution in [2.45, 2.75) is 38.9 Å². The van der Waals surface area contributed by atoms with Gasteiger partial charge in [0.1, 0.15) is 17.7 Å². The molecule has 0 spiro atoms. The van der Waals surface area contributed by atoms with Crippen LogP contribution in [-0.4, -0.2) is 57.6 Å². The molecule has 1 heterocycles. The summed E-state index contributed by atoms with van der Waals surface area (Å²) in [5.74, 6) is 1.12. The smallest absolute Gasteiger partial charge is 0.191 e. The van der Waals surface area contributed by atoms with Crippen molar-refractivity contribution in [3.63, 3.8) is 0 Å². The lowest BCUT2D eigenvalue weighted by Crippen LogP contribution is -2.39. The van der Waals surface area contributed by atoms with E-state index in [4.69, 9.17) is 14.2 Å². The maximum Gasteiger partial charge on any atom is 0.191 e. The van der Waals surface area contributed by atoms with Gasteiger partial charge in [0.2, 0.25) is 0 Å². The Morgan fingerprint density at radius 3 is 2.78 bits per heavy atom. The molecule has 1 saturated heterocycles. The number of aliphatic imine (C=N–C) groups is 1. The Bertz CT molecular complexity index is 540. The van der Waals surface area contributed by atoms with Crippen LogP contribution in [0.25, 0.3) is 0 Å². The summed E-state index contributed by atoms with van der Waals surface area (Å²) in [4.78, 5) is 4.54. The molecule has 2 N–H and O–H groups in total. The van der Waals surface area contributed by atoms with E-state index in [9.17, 15) is 4.39 Å². The van der Waals surface area contributed by atoms with Gasteiger partial charge in [-0.15, -0.1) is 24.0 Å². The number of hydrogen-bond donors (Lipinski definition) is 2. The van der Waals surface area contributed by atoms with E-state index >= 15 is 0 Å². The molecule has 1 aromatic carbocycles. The van der Waals surface area contributed by atoms with E-state index in [0.29, 0.717) is 25.5 Å². The molecule has 2 atom stereocenters. The van der Waals surface area contributed by atoms with Crippen LogP contribution in [0.5, 0.6) is 5.75 Å². The highest BCUT2D eigenvalue weighted by atomic mass is 127. The van der Waals surface area contributed by atoms with Crippen molar-refractivity contribution in [2.24, 2.45) is 4.99 Å². The lowest BCUT2D eigenvalue weighted by Gasteiger charge is -2.15. The molecule has 27 heavy (non-hydrogen) atoms. The van der Waals surface area contributed by atoms with Crippen molar-refractivity contribution in [3.8, 4) is 5.75 Å². The van der Waals surface area contributed by atoms with Crippen LogP contribution >= 0.6 is 24.0 Å². The predicted molar refractivity (Wildman–Crippen MR) is 116 cm³/mol. The second-order valence-electron chi connectivity index (χ2n) is 6.24. The van der Waals surface area contributed by atoms with Crippen LogP contribution in [0.3, 0.4) is 0 Å². The molecule has 0 amide bonds. The summed E-state index contributed by atoms with van der Waals surface area (Å²) in [5.41, 5.74) is 0. The van der Waals surface area contributed by atoms with E-state index in [0.717, 1.165) is 38.5 Å². The molecular formula is C19H31FIN3O3. The predicted octanol–water partition coefficient (Wildman–Crippen LogP) is 2.96. The minimum Gasteiger partial charge on any atom is -0.489 e. The molecule has 0 aliphatic carbocycles. The quantitative estimate of drug-likeness (QED) is 0.226. The van der Waals surface area contributed by atoms with Gasteiger partial charge in [0.05, 0.1) is 19.3 Å². The largest absolute Gasteiger partial charge is 0.489 e. The third kappa shape index (κ3) is 10.1. The first-order valence-electron chi connectivity index (χ1n) is 9.31. The van der Waals surface area contributed by atoms with E-state index in [1.807, 2.05) is 13.8 Å². The molecule has 2 rings (SSSR count). The molecule has 1 fully saturated rings. The Morgan fingerprint density at radius 2 is 2.11 bits per heavy atom. The third-order valence-corrected chi connectivity index (χ3v) is 3.86. The summed E-state index contributed by atoms with van der Waals surface area (Å²) >= 11 is 0. The van der Waals surface area contributed by atoms with Crippen molar-refractivity contribution >= 4 is 29.9 Å². The highest BCUT2D eigenvalue weighted by Gasteiger charge is 2.15. The van der Waals surface area contributed by atoms with Gasteiger partial charge >= 0.3 is 0 Å². The molecular weight excluding hydrogens is 464 g/mol. The minimum absolute atomic E-state index is 0. The van der Waals surface area contributed by atoms with Crippen molar-refractivity contribution in [3.05, 3.63) is 30.1 Å². The molecule has 0 saturated carbocycles. The number of guanidine groups is 1. The van der Waals surface area contributed by atoms with Crippen molar-refractivity contribution in [1.29, 1.82) is 0 Å². The first kappa shape index (κ1) is 23.9. The number of nitrogens with zero attached hydrogens (tertiary/aromatic N) is 1. The summed E-state index contributed by atoms with van der Waals surface area (Å²) in [6.07, 6.45) is 2.04. The molecule has 1 aromatic rings. The Morgan fingerprint density at radius 1 is 1.33 bits per heavy atom. The minimum atomic E-state index is -0.272. The zero-order chi connectivity index (χ0) is 18.6. The summed E-state index contributed by atoms with van der Waals surface area (Å²) in [6, 6.07) is 6.01. The van der Waals surface area contributed by atoms with Crippen LogP contribution in [0, 0.1) is 5.82 Å². The fourth-order valence-corrected chi connectivity index (χ4v) is 2.52. The SMILES string of the molecule is CCNC(=NCC(C)Oc1ccc(F)cc1)NCCCOC1CCOC1.I. The molecule has 8 heteroatoms. The zero-order valence-corrected chi connectivity index (χ0v) is 18.4. The van der Waals surface area contributed by atoms with Gasteiger partial charge in [-0.3, -0.25) is 0 Å². The monoisotopic (exact) mass is 495 g/mol. The van der Waals surface area contributed by atoms with Gasteiger partial charge in [0.15, 0.2) is 5.96 Å². The van der Waals surface area contributed by atoms with Crippen LogP contribution in [0.15, 0.2) is 29.3 Å². The van der Waals surface area contributed by atoms with Crippen LogP contribution in [-0.2, 0) is 9.47 Å². The van der Waals surface area contributed by atoms with E-state index in [-0.39, 0.29) is 42.0 Å². The van der Waals surface area contributed by atoms with Gasteiger partial charge in [-0.2, -0.15) is 0 Å². The standard InChI is InChI=1S/C19H30FN3O3.HI/c1-3-21-19(22-10-4-11-25-18-9-12-24-14-18)23-13-15(2)26-17-7-5-16(20)6-8-17;/h5-8,15,18H,3-4,9-14H2,1-2H3,(H2,21,22,23);1H.